The Morgan fingerprint density at radius 2 is 2.22 bits per heavy atom. The summed E-state index contributed by atoms with van der Waals surface area (Å²) in [5.41, 5.74) is 0. The smallest absolute Gasteiger partial charge is 0.252 e. The van der Waals surface area contributed by atoms with E-state index >= 15 is 0 Å². The highest BCUT2D eigenvalue weighted by Gasteiger charge is 2.26. The molecule has 0 amide bonds. The third kappa shape index (κ3) is 4.59. The quantitative estimate of drug-likeness (QED) is 0.788. The summed E-state index contributed by atoms with van der Waals surface area (Å²) < 4.78 is 53.6. The molecule has 6 nitrogen and oxygen atoms in total. The first-order valence-corrected chi connectivity index (χ1v) is 7.23. The minimum Gasteiger partial charge on any atom is -0.395 e. The lowest BCUT2D eigenvalue weighted by Crippen LogP contribution is -2.37. The number of hydrogen-bond donors (Lipinski definition) is 1. The van der Waals surface area contributed by atoms with Gasteiger partial charge in [0.1, 0.15) is 10.4 Å². The van der Waals surface area contributed by atoms with Gasteiger partial charge in [-0.2, -0.15) is 4.31 Å². The average molecular weight is 349 g/mol. The Bertz CT molecular complexity index is 479. The van der Waals surface area contributed by atoms with Crippen LogP contribution in [-0.2, 0) is 15.8 Å². The number of nitrogens with zero attached hydrogens (tertiary/aromatic N) is 2. The first kappa shape index (κ1) is 15.5. The molecule has 0 aliphatic carbocycles. The van der Waals surface area contributed by atoms with Gasteiger partial charge in [-0.1, -0.05) is 5.16 Å². The molecule has 1 aromatic rings. The van der Waals surface area contributed by atoms with E-state index < -0.39 is 35.4 Å². The monoisotopic (exact) mass is 348 g/mol. The van der Waals surface area contributed by atoms with Crippen molar-refractivity contribution in [3.63, 3.8) is 0 Å². The molecule has 0 aliphatic heterocycles. The van der Waals surface area contributed by atoms with Gasteiger partial charge < -0.3 is 9.63 Å². The Hall–Kier alpha value is -0.580. The summed E-state index contributed by atoms with van der Waals surface area (Å²) in [6.07, 6.45) is -2.81. The number of hydrogen-bond acceptors (Lipinski definition) is 5. The second kappa shape index (κ2) is 6.55. The van der Waals surface area contributed by atoms with Crippen LogP contribution < -0.4 is 0 Å². The van der Waals surface area contributed by atoms with Gasteiger partial charge in [-0.3, -0.25) is 0 Å². The summed E-state index contributed by atoms with van der Waals surface area (Å²) in [5, 5.41) is 12.1. The summed E-state index contributed by atoms with van der Waals surface area (Å²) in [4.78, 5) is 0. The van der Waals surface area contributed by atoms with Crippen LogP contribution in [-0.4, -0.2) is 49.1 Å². The van der Waals surface area contributed by atoms with Crippen LogP contribution in [0, 0.1) is 0 Å². The van der Waals surface area contributed by atoms with E-state index in [1.54, 1.807) is 0 Å². The zero-order valence-corrected chi connectivity index (χ0v) is 11.5. The van der Waals surface area contributed by atoms with E-state index in [2.05, 4.69) is 25.6 Å². The molecule has 0 radical (unpaired) electrons. The van der Waals surface area contributed by atoms with Crippen LogP contribution in [0.25, 0.3) is 0 Å². The standard InChI is InChI=1S/C8H11BrF2N2O4S/c9-7-3-6(17-12-7)5-18(15,16)13(1-2-14)4-8(10)11/h3,8,14H,1-2,4-5H2. The highest BCUT2D eigenvalue weighted by Crippen LogP contribution is 2.16. The number of alkyl halides is 2. The predicted octanol–water partition coefficient (Wildman–Crippen LogP) is 0.826. The summed E-state index contributed by atoms with van der Waals surface area (Å²) in [6, 6.07) is 1.33. The number of aliphatic hydroxyl groups is 1. The maximum absolute atomic E-state index is 12.3. The first-order valence-electron chi connectivity index (χ1n) is 4.83. The molecule has 0 bridgehead atoms. The highest BCUT2D eigenvalue weighted by atomic mass is 79.9. The fraction of sp³-hybridized carbons (Fsp3) is 0.625. The van der Waals surface area contributed by atoms with Crippen molar-refractivity contribution < 1.29 is 26.8 Å². The first-order chi connectivity index (χ1) is 8.35. The highest BCUT2D eigenvalue weighted by molar-refractivity contribution is 9.10. The van der Waals surface area contributed by atoms with Crippen molar-refractivity contribution in [1.82, 2.24) is 9.46 Å². The van der Waals surface area contributed by atoms with E-state index in [1.807, 2.05) is 0 Å². The Balaban J connectivity index is 2.81. The summed E-state index contributed by atoms with van der Waals surface area (Å²) in [7, 11) is -3.98. The lowest BCUT2D eigenvalue weighted by molar-refractivity contribution is 0.113. The molecule has 0 atom stereocenters. The van der Waals surface area contributed by atoms with E-state index in [1.165, 1.54) is 6.07 Å². The lowest BCUT2D eigenvalue weighted by Gasteiger charge is -2.19. The average Bonchev–Trinajstić information content (AvgIpc) is 2.62. The lowest BCUT2D eigenvalue weighted by atomic mass is 10.5. The molecule has 1 N–H and O–H groups in total. The molecule has 0 fully saturated rings. The fourth-order valence-electron chi connectivity index (χ4n) is 1.24. The summed E-state index contributed by atoms with van der Waals surface area (Å²) >= 11 is 2.97. The normalized spacial score (nSPS) is 12.6. The number of aromatic nitrogens is 1. The zero-order chi connectivity index (χ0) is 13.8. The molecule has 0 aliphatic rings. The van der Waals surface area contributed by atoms with Gasteiger partial charge in [0, 0.05) is 12.6 Å². The topological polar surface area (TPSA) is 83.6 Å². The van der Waals surface area contributed by atoms with Crippen molar-refractivity contribution in [2.75, 3.05) is 19.7 Å². The van der Waals surface area contributed by atoms with Gasteiger partial charge in [-0.25, -0.2) is 17.2 Å². The summed E-state index contributed by atoms with van der Waals surface area (Å²) in [6.45, 7) is -1.88. The van der Waals surface area contributed by atoms with Crippen LogP contribution in [0.4, 0.5) is 8.78 Å². The van der Waals surface area contributed by atoms with Crippen molar-refractivity contribution >= 4 is 26.0 Å². The molecule has 10 heteroatoms. The number of halogens is 3. The Labute approximate surface area is 111 Å². The summed E-state index contributed by atoms with van der Waals surface area (Å²) in [5.74, 6) is -0.558. The molecular formula is C8H11BrF2N2O4S. The zero-order valence-electron chi connectivity index (χ0n) is 9.09. The molecule has 1 heterocycles. The van der Waals surface area contributed by atoms with E-state index in [4.69, 9.17) is 5.11 Å². The minimum atomic E-state index is -3.98. The molecule has 0 saturated carbocycles. The van der Waals surface area contributed by atoms with Crippen molar-refractivity contribution in [1.29, 1.82) is 0 Å². The minimum absolute atomic E-state index is 0.0269. The van der Waals surface area contributed by atoms with E-state index in [0.717, 1.165) is 0 Å². The third-order valence-corrected chi connectivity index (χ3v) is 4.08. The van der Waals surface area contributed by atoms with Gasteiger partial charge in [-0.05, 0) is 15.9 Å². The molecule has 0 aromatic carbocycles. The van der Waals surface area contributed by atoms with Crippen LogP contribution >= 0.6 is 15.9 Å². The largest absolute Gasteiger partial charge is 0.395 e. The molecule has 104 valence electrons. The van der Waals surface area contributed by atoms with Gasteiger partial charge in [0.2, 0.25) is 10.0 Å². The molecule has 0 unspecified atom stereocenters. The van der Waals surface area contributed by atoms with Crippen molar-refractivity contribution in [2.24, 2.45) is 0 Å². The molecular weight excluding hydrogens is 338 g/mol. The van der Waals surface area contributed by atoms with Crippen LogP contribution in [0.2, 0.25) is 0 Å². The number of rotatable bonds is 7. The Morgan fingerprint density at radius 1 is 1.56 bits per heavy atom. The molecule has 0 spiro atoms. The third-order valence-electron chi connectivity index (χ3n) is 1.94. The van der Waals surface area contributed by atoms with Gasteiger partial charge in [-0.15, -0.1) is 0 Å². The Morgan fingerprint density at radius 3 is 2.67 bits per heavy atom. The molecule has 0 saturated heterocycles. The Kier molecular flexibility index (Phi) is 5.63. The number of sulfonamides is 1. The number of aliphatic hydroxyl groups excluding tert-OH is 1. The molecule has 18 heavy (non-hydrogen) atoms. The SMILES string of the molecule is O=S(=O)(Cc1cc(Br)no1)N(CCO)CC(F)F. The molecule has 1 rings (SSSR count). The van der Waals surface area contributed by atoms with Crippen LogP contribution in [0.5, 0.6) is 0 Å². The van der Waals surface area contributed by atoms with Crippen LogP contribution in [0.1, 0.15) is 5.76 Å². The predicted molar refractivity (Wildman–Crippen MR) is 61.5 cm³/mol. The maximum atomic E-state index is 12.3. The maximum Gasteiger partial charge on any atom is 0.252 e. The van der Waals surface area contributed by atoms with Crippen molar-refractivity contribution in [3.05, 3.63) is 16.4 Å². The van der Waals surface area contributed by atoms with Gasteiger partial charge in [0.15, 0.2) is 5.76 Å². The van der Waals surface area contributed by atoms with Crippen LogP contribution in [0.15, 0.2) is 15.2 Å². The fourth-order valence-corrected chi connectivity index (χ4v) is 2.94. The van der Waals surface area contributed by atoms with Gasteiger partial charge >= 0.3 is 0 Å². The van der Waals surface area contributed by atoms with Crippen molar-refractivity contribution in [2.45, 2.75) is 12.2 Å². The van der Waals surface area contributed by atoms with Gasteiger partial charge in [0.05, 0.1) is 13.2 Å². The van der Waals surface area contributed by atoms with E-state index in [-0.39, 0.29) is 12.3 Å². The van der Waals surface area contributed by atoms with Gasteiger partial charge in [0.25, 0.3) is 6.43 Å². The van der Waals surface area contributed by atoms with Crippen molar-refractivity contribution in [3.8, 4) is 0 Å². The van der Waals surface area contributed by atoms with E-state index in [9.17, 15) is 17.2 Å². The second-order valence-electron chi connectivity index (χ2n) is 3.34. The second-order valence-corrected chi connectivity index (χ2v) is 6.13. The molecule has 1 aromatic heterocycles. The van der Waals surface area contributed by atoms with Crippen LogP contribution in [0.3, 0.4) is 0 Å². The van der Waals surface area contributed by atoms with E-state index in [0.29, 0.717) is 8.91 Å².